The Labute approximate surface area is 228 Å². The smallest absolute Gasteiger partial charge is 0.252 e. The topological polar surface area (TPSA) is 33.5 Å². The first-order chi connectivity index (χ1) is 19.3. The zero-order chi connectivity index (χ0) is 26.5. The summed E-state index contributed by atoms with van der Waals surface area (Å²) in [5.41, 5.74) is 0.859. The summed E-state index contributed by atoms with van der Waals surface area (Å²) in [5, 5.41) is 5.50. The van der Waals surface area contributed by atoms with Crippen LogP contribution in [0, 0.1) is 0 Å². The molecule has 0 fully saturated rings. The number of rotatable bonds is 7. The summed E-state index contributed by atoms with van der Waals surface area (Å²) in [6.45, 7) is -2.15. The molecule has 0 aliphatic rings. The highest BCUT2D eigenvalue weighted by atomic mass is 31.2. The highest BCUT2D eigenvalue weighted by Crippen LogP contribution is 2.44. The normalized spacial score (nSPS) is 11.3. The van der Waals surface area contributed by atoms with Crippen LogP contribution in [0.2, 0.25) is 0 Å². The van der Waals surface area contributed by atoms with Crippen LogP contribution in [0.4, 0.5) is 5.69 Å². The van der Waals surface area contributed by atoms with Gasteiger partial charge in [0.1, 0.15) is 5.76 Å². The Hall–Kier alpha value is -4.59. The van der Waals surface area contributed by atoms with E-state index in [0.29, 0.717) is 6.54 Å². The molecule has 6 rings (SSSR count). The van der Waals surface area contributed by atoms with E-state index in [9.17, 15) is 4.79 Å². The summed E-state index contributed by atoms with van der Waals surface area (Å²) >= 11 is 0. The molecule has 1 heterocycles. The van der Waals surface area contributed by atoms with Gasteiger partial charge < -0.3 is 9.32 Å². The van der Waals surface area contributed by atoms with E-state index in [1.807, 2.05) is 65.3 Å². The summed E-state index contributed by atoms with van der Waals surface area (Å²) in [6, 6.07) is 49.3. The standard InChI is InChI=1S/C35H28NO2P/c37-35(36(26-29-16-13-25-38-29)34-24-12-15-28-14-10-11-23-33(28)34)27-39(30-17-4-1-5-18-30,31-19-6-2-7-20-31)32-21-8-3-9-22-32/h1-25,27H,26H2. The molecule has 1 aromatic heterocycles. The molecule has 39 heavy (non-hydrogen) atoms. The Morgan fingerprint density at radius 2 is 1.15 bits per heavy atom. The van der Waals surface area contributed by atoms with Crippen molar-refractivity contribution < 1.29 is 9.21 Å². The lowest BCUT2D eigenvalue weighted by atomic mass is 10.1. The van der Waals surface area contributed by atoms with Gasteiger partial charge in [-0.15, -0.1) is 0 Å². The lowest BCUT2D eigenvalue weighted by Gasteiger charge is -2.30. The Morgan fingerprint density at radius 3 is 1.72 bits per heavy atom. The minimum atomic E-state index is -2.48. The van der Waals surface area contributed by atoms with Gasteiger partial charge >= 0.3 is 0 Å². The third kappa shape index (κ3) is 4.85. The molecule has 4 heteroatoms. The fourth-order valence-corrected chi connectivity index (χ4v) is 8.92. The van der Waals surface area contributed by atoms with E-state index in [0.717, 1.165) is 38.1 Å². The van der Waals surface area contributed by atoms with Crippen LogP contribution in [0.1, 0.15) is 5.76 Å². The van der Waals surface area contributed by atoms with Crippen molar-refractivity contribution in [3.05, 3.63) is 158 Å². The van der Waals surface area contributed by atoms with Crippen molar-refractivity contribution in [1.82, 2.24) is 0 Å². The van der Waals surface area contributed by atoms with Gasteiger partial charge in [-0.1, -0.05) is 127 Å². The molecule has 0 N–H and O–H groups in total. The maximum atomic E-state index is 14.7. The number of nitrogens with zero attached hydrogens (tertiary/aromatic N) is 1. The fourth-order valence-electron chi connectivity index (χ4n) is 5.18. The molecule has 0 radical (unpaired) electrons. The number of fused-ring (bicyclic) bond motifs is 1. The number of furan rings is 1. The van der Waals surface area contributed by atoms with Crippen LogP contribution in [-0.4, -0.2) is 11.7 Å². The molecular formula is C35H28NO2P. The van der Waals surface area contributed by atoms with Crippen molar-refractivity contribution >= 4 is 51.0 Å². The maximum absolute atomic E-state index is 14.7. The summed E-state index contributed by atoms with van der Waals surface area (Å²) < 4.78 is 5.73. The zero-order valence-electron chi connectivity index (χ0n) is 21.4. The van der Waals surface area contributed by atoms with E-state index >= 15 is 0 Å². The molecule has 0 unspecified atom stereocenters. The summed E-state index contributed by atoms with van der Waals surface area (Å²) in [7, 11) is 0. The van der Waals surface area contributed by atoms with E-state index in [1.54, 1.807) is 6.26 Å². The van der Waals surface area contributed by atoms with Gasteiger partial charge in [0.15, 0.2) is 0 Å². The molecule has 0 atom stereocenters. The van der Waals surface area contributed by atoms with Gasteiger partial charge in [0.05, 0.1) is 18.5 Å². The van der Waals surface area contributed by atoms with Crippen LogP contribution in [-0.2, 0) is 11.3 Å². The van der Waals surface area contributed by atoms with Crippen LogP contribution in [0.25, 0.3) is 10.8 Å². The number of benzene rings is 5. The van der Waals surface area contributed by atoms with Crippen LogP contribution in [0.15, 0.2) is 156 Å². The summed E-state index contributed by atoms with van der Waals surface area (Å²) in [6.07, 6.45) is 1.65. The minimum absolute atomic E-state index is 0.0624. The molecule has 1 amide bonds. The van der Waals surface area contributed by atoms with Gasteiger partial charge in [-0.2, -0.15) is 0 Å². The monoisotopic (exact) mass is 525 g/mol. The Kier molecular flexibility index (Phi) is 6.99. The first-order valence-electron chi connectivity index (χ1n) is 13.0. The van der Waals surface area contributed by atoms with Gasteiger partial charge in [0, 0.05) is 11.2 Å². The number of hydrogen-bond donors (Lipinski definition) is 0. The molecule has 190 valence electrons. The van der Waals surface area contributed by atoms with Crippen LogP contribution < -0.4 is 20.8 Å². The molecule has 0 saturated heterocycles. The average Bonchev–Trinajstić information content (AvgIpc) is 3.53. The quantitative estimate of drug-likeness (QED) is 0.216. The molecule has 0 aliphatic carbocycles. The number of carbonyl (C=O) groups excluding carboxylic acids is 1. The van der Waals surface area contributed by atoms with Gasteiger partial charge in [0.25, 0.3) is 5.91 Å². The van der Waals surface area contributed by atoms with E-state index in [1.165, 1.54) is 0 Å². The van der Waals surface area contributed by atoms with Crippen LogP contribution in [0.5, 0.6) is 0 Å². The molecule has 0 saturated carbocycles. The van der Waals surface area contributed by atoms with Crippen LogP contribution in [0.3, 0.4) is 0 Å². The minimum Gasteiger partial charge on any atom is -0.467 e. The first kappa shape index (κ1) is 24.7. The average molecular weight is 526 g/mol. The second-order valence-corrected chi connectivity index (χ2v) is 12.6. The van der Waals surface area contributed by atoms with E-state index < -0.39 is 6.89 Å². The van der Waals surface area contributed by atoms with Gasteiger partial charge in [-0.05, 0) is 46.4 Å². The van der Waals surface area contributed by atoms with Gasteiger partial charge in [-0.25, -0.2) is 0 Å². The highest BCUT2D eigenvalue weighted by molar-refractivity contribution is 7.95. The van der Waals surface area contributed by atoms with E-state index in [2.05, 4.69) is 91.0 Å². The number of anilines is 1. The van der Waals surface area contributed by atoms with Crippen molar-refractivity contribution in [2.24, 2.45) is 0 Å². The van der Waals surface area contributed by atoms with Crippen molar-refractivity contribution in [1.29, 1.82) is 0 Å². The zero-order valence-corrected chi connectivity index (χ0v) is 22.3. The predicted molar refractivity (Wildman–Crippen MR) is 165 cm³/mol. The third-order valence-electron chi connectivity index (χ3n) is 7.01. The molecule has 3 nitrogen and oxygen atoms in total. The largest absolute Gasteiger partial charge is 0.467 e. The SMILES string of the molecule is O=C(C=P(c1ccccc1)(c1ccccc1)c1ccccc1)N(Cc1ccco1)c1cccc2ccccc12. The van der Waals surface area contributed by atoms with Gasteiger partial charge in [-0.3, -0.25) is 4.79 Å². The van der Waals surface area contributed by atoms with Crippen molar-refractivity contribution in [3.8, 4) is 0 Å². The third-order valence-corrected chi connectivity index (χ3v) is 11.0. The Balaban J connectivity index is 1.63. The Morgan fingerprint density at radius 1 is 0.615 bits per heavy atom. The first-order valence-corrected chi connectivity index (χ1v) is 14.8. The van der Waals surface area contributed by atoms with E-state index in [-0.39, 0.29) is 5.91 Å². The van der Waals surface area contributed by atoms with Gasteiger partial charge in [0.2, 0.25) is 0 Å². The molecule has 0 bridgehead atoms. The number of hydrogen-bond acceptors (Lipinski definition) is 2. The summed E-state index contributed by atoms with van der Waals surface area (Å²) in [5.74, 6) is 2.65. The second-order valence-electron chi connectivity index (χ2n) is 9.36. The molecule has 6 aromatic rings. The van der Waals surface area contributed by atoms with Crippen molar-refractivity contribution in [3.63, 3.8) is 0 Å². The summed E-state index contributed by atoms with van der Waals surface area (Å²) in [4.78, 5) is 16.6. The lowest BCUT2D eigenvalue weighted by molar-refractivity contribution is -0.112. The number of amides is 1. The molecule has 5 aromatic carbocycles. The predicted octanol–water partition coefficient (Wildman–Crippen LogP) is 6.76. The molecular weight excluding hydrogens is 497 g/mol. The molecule has 0 spiro atoms. The number of carbonyl (C=O) groups is 1. The second kappa shape index (κ2) is 11.0. The maximum Gasteiger partial charge on any atom is 0.252 e. The molecule has 0 aliphatic heterocycles. The highest BCUT2D eigenvalue weighted by Gasteiger charge is 2.29. The van der Waals surface area contributed by atoms with Crippen LogP contribution >= 0.6 is 6.89 Å². The fraction of sp³-hybridized carbons (Fsp3) is 0.0286. The van der Waals surface area contributed by atoms with E-state index in [4.69, 9.17) is 4.42 Å². The van der Waals surface area contributed by atoms with Crippen molar-refractivity contribution in [2.75, 3.05) is 4.90 Å². The van der Waals surface area contributed by atoms with Crippen molar-refractivity contribution in [2.45, 2.75) is 6.54 Å². The Bertz CT molecular complexity index is 1640. The lowest BCUT2D eigenvalue weighted by Crippen LogP contribution is -2.35.